The quantitative estimate of drug-likeness (QED) is 0.355. The van der Waals surface area contributed by atoms with Crippen molar-refractivity contribution in [3.8, 4) is 33.8 Å². The van der Waals surface area contributed by atoms with Crippen molar-refractivity contribution < 1.29 is 9.94 Å². The molecule has 0 spiro atoms. The zero-order valence-corrected chi connectivity index (χ0v) is 18.7. The van der Waals surface area contributed by atoms with Crippen molar-refractivity contribution in [1.82, 2.24) is 19.4 Å². The van der Waals surface area contributed by atoms with Crippen molar-refractivity contribution in [2.45, 2.75) is 38.8 Å². The maximum Gasteiger partial charge on any atom is 0.173 e. The molecule has 4 rings (SSSR count). The first-order valence-corrected chi connectivity index (χ1v) is 11.4. The molecule has 2 aromatic carbocycles. The number of nitrogens with two attached hydrogens (primary N) is 1. The van der Waals surface area contributed by atoms with E-state index in [-0.39, 0.29) is 12.1 Å². The number of hydrogen-bond donors (Lipinski definition) is 3. The molecule has 4 N–H and O–H groups in total. The Morgan fingerprint density at radius 1 is 1.39 bits per heavy atom. The van der Waals surface area contributed by atoms with E-state index < -0.39 is 0 Å². The Balaban J connectivity index is 1.63. The summed E-state index contributed by atoms with van der Waals surface area (Å²) < 4.78 is 11.1. The van der Waals surface area contributed by atoms with Crippen molar-refractivity contribution in [1.29, 1.82) is 5.26 Å². The molecule has 0 bridgehead atoms. The highest BCUT2D eigenvalue weighted by Gasteiger charge is 2.27. The predicted octanol–water partition coefficient (Wildman–Crippen LogP) is 4.24. The first kappa shape index (κ1) is 21.7. The Morgan fingerprint density at radius 3 is 2.97 bits per heavy atom. The molecule has 0 saturated heterocycles. The van der Waals surface area contributed by atoms with Crippen molar-refractivity contribution in [2.24, 2.45) is 5.14 Å². The van der Waals surface area contributed by atoms with E-state index in [4.69, 9.17) is 14.9 Å². The second kappa shape index (κ2) is 9.32. The first-order chi connectivity index (χ1) is 15.0. The third-order valence-corrected chi connectivity index (χ3v) is 6.08. The second-order valence-electron chi connectivity index (χ2n) is 7.38. The number of rotatable bonds is 7. The molecule has 1 aliphatic carbocycles. The third kappa shape index (κ3) is 4.57. The SMILES string of the molecule is CC(C)Oc1ccc(-c2nc(-c3cccc4c3CCC4NN(O)SN)ns2)cc1C#N. The van der Waals surface area contributed by atoms with Gasteiger partial charge in [-0.05, 0) is 67.5 Å². The van der Waals surface area contributed by atoms with Gasteiger partial charge in [0.2, 0.25) is 0 Å². The van der Waals surface area contributed by atoms with Gasteiger partial charge >= 0.3 is 0 Å². The summed E-state index contributed by atoms with van der Waals surface area (Å²) in [6.07, 6.45) is 1.68. The number of nitrogens with one attached hydrogen (secondary N) is 1. The highest BCUT2D eigenvalue weighted by Crippen LogP contribution is 2.38. The molecule has 1 heterocycles. The molecular formula is C21H22N6O2S2. The van der Waals surface area contributed by atoms with Crippen LogP contribution in [-0.2, 0) is 6.42 Å². The molecule has 0 saturated carbocycles. The van der Waals surface area contributed by atoms with Crippen LogP contribution in [0.3, 0.4) is 0 Å². The summed E-state index contributed by atoms with van der Waals surface area (Å²) in [5, 5.41) is 25.3. The minimum Gasteiger partial charge on any atom is -0.490 e. The second-order valence-corrected chi connectivity index (χ2v) is 8.69. The Morgan fingerprint density at radius 2 is 2.23 bits per heavy atom. The zero-order chi connectivity index (χ0) is 22.0. The summed E-state index contributed by atoms with van der Waals surface area (Å²) in [4.78, 5) is 4.75. The van der Waals surface area contributed by atoms with Gasteiger partial charge in [0.1, 0.15) is 16.8 Å². The lowest BCUT2D eigenvalue weighted by Crippen LogP contribution is -2.33. The van der Waals surface area contributed by atoms with Crippen LogP contribution in [0.1, 0.15) is 43.0 Å². The number of aromatic nitrogens is 2. The molecular weight excluding hydrogens is 432 g/mol. The minimum atomic E-state index is -0.0270. The lowest BCUT2D eigenvalue weighted by atomic mass is 10.0. The fourth-order valence-corrected chi connectivity index (χ4v) is 4.58. The first-order valence-electron chi connectivity index (χ1n) is 9.79. The summed E-state index contributed by atoms with van der Waals surface area (Å²) in [5.41, 5.74) is 7.53. The van der Waals surface area contributed by atoms with E-state index in [0.717, 1.165) is 56.8 Å². The van der Waals surface area contributed by atoms with Crippen LogP contribution in [-0.4, -0.2) is 25.2 Å². The van der Waals surface area contributed by atoms with Crippen molar-refractivity contribution in [2.75, 3.05) is 0 Å². The van der Waals surface area contributed by atoms with Crippen LogP contribution in [0.4, 0.5) is 0 Å². The van der Waals surface area contributed by atoms with Crippen LogP contribution < -0.4 is 15.3 Å². The minimum absolute atomic E-state index is 0.00840. The smallest absolute Gasteiger partial charge is 0.173 e. The van der Waals surface area contributed by atoms with Crippen LogP contribution in [0, 0.1) is 11.3 Å². The molecule has 1 unspecified atom stereocenters. The Bertz CT molecular complexity index is 1130. The van der Waals surface area contributed by atoms with Crippen LogP contribution >= 0.6 is 23.7 Å². The standard InChI is InChI=1S/C21H22N6O2S2/c1-12(2)29-19-9-6-13(10-14(19)11-22)21-24-20(26-30-21)17-5-3-4-16-15(17)7-8-18(16)25-27(28)31-23/h3-6,9-10,12,18,25,28H,7-8,23H2,1-2H3. The molecule has 0 amide bonds. The van der Waals surface area contributed by atoms with Gasteiger partial charge in [0.15, 0.2) is 5.82 Å². The van der Waals surface area contributed by atoms with Crippen LogP contribution in [0.2, 0.25) is 0 Å². The molecule has 1 atom stereocenters. The van der Waals surface area contributed by atoms with E-state index in [1.807, 2.05) is 44.2 Å². The molecule has 10 heteroatoms. The number of hydrazine groups is 1. The molecule has 1 aliphatic rings. The summed E-state index contributed by atoms with van der Waals surface area (Å²) in [6.45, 7) is 3.86. The van der Waals surface area contributed by atoms with Crippen molar-refractivity contribution in [3.05, 3.63) is 53.1 Å². The molecule has 8 nitrogen and oxygen atoms in total. The maximum absolute atomic E-state index is 9.68. The average Bonchev–Trinajstić information content (AvgIpc) is 3.41. The predicted molar refractivity (Wildman–Crippen MR) is 121 cm³/mol. The monoisotopic (exact) mass is 454 g/mol. The van der Waals surface area contributed by atoms with Gasteiger partial charge in [-0.2, -0.15) is 9.64 Å². The Kier molecular flexibility index (Phi) is 6.52. The van der Waals surface area contributed by atoms with E-state index in [9.17, 15) is 10.5 Å². The van der Waals surface area contributed by atoms with E-state index >= 15 is 0 Å². The Labute approximate surface area is 189 Å². The van der Waals surface area contributed by atoms with Crippen LogP contribution in [0.15, 0.2) is 36.4 Å². The lowest BCUT2D eigenvalue weighted by molar-refractivity contribution is -0.0446. The number of fused-ring (bicyclic) bond motifs is 1. The number of hydrogen-bond acceptors (Lipinski definition) is 10. The largest absolute Gasteiger partial charge is 0.490 e. The van der Waals surface area contributed by atoms with E-state index in [1.54, 1.807) is 6.07 Å². The molecule has 160 valence electrons. The van der Waals surface area contributed by atoms with Gasteiger partial charge in [-0.25, -0.2) is 10.4 Å². The highest BCUT2D eigenvalue weighted by atomic mass is 32.2. The normalized spacial score (nSPS) is 15.3. The molecule has 0 radical (unpaired) electrons. The summed E-state index contributed by atoms with van der Waals surface area (Å²) in [7, 11) is 0. The molecule has 1 aromatic heterocycles. The van der Waals surface area contributed by atoms with Gasteiger partial charge < -0.3 is 4.74 Å². The maximum atomic E-state index is 9.68. The van der Waals surface area contributed by atoms with Gasteiger partial charge in [-0.1, -0.05) is 22.8 Å². The summed E-state index contributed by atoms with van der Waals surface area (Å²) in [6, 6.07) is 13.7. The average molecular weight is 455 g/mol. The summed E-state index contributed by atoms with van der Waals surface area (Å²) in [5.74, 6) is 1.23. The third-order valence-electron chi connectivity index (χ3n) is 5.01. The van der Waals surface area contributed by atoms with Gasteiger partial charge in [0.25, 0.3) is 0 Å². The molecule has 3 aromatic rings. The zero-order valence-electron chi connectivity index (χ0n) is 17.1. The van der Waals surface area contributed by atoms with Gasteiger partial charge in [-0.15, -0.1) is 0 Å². The van der Waals surface area contributed by atoms with E-state index in [2.05, 4.69) is 15.9 Å². The van der Waals surface area contributed by atoms with Gasteiger partial charge in [0, 0.05) is 23.3 Å². The van der Waals surface area contributed by atoms with Crippen LogP contribution in [0.25, 0.3) is 22.0 Å². The fourth-order valence-electron chi connectivity index (χ4n) is 3.72. The van der Waals surface area contributed by atoms with E-state index in [1.165, 1.54) is 11.5 Å². The Hall–Kier alpha value is -2.52. The molecule has 0 fully saturated rings. The van der Waals surface area contributed by atoms with Crippen molar-refractivity contribution in [3.63, 3.8) is 0 Å². The highest BCUT2D eigenvalue weighted by molar-refractivity contribution is 7.94. The van der Waals surface area contributed by atoms with Gasteiger partial charge in [-0.3, -0.25) is 10.3 Å². The number of ether oxygens (including phenoxy) is 1. The molecule has 31 heavy (non-hydrogen) atoms. The lowest BCUT2D eigenvalue weighted by Gasteiger charge is -2.18. The topological polar surface area (TPSA) is 120 Å². The van der Waals surface area contributed by atoms with E-state index in [0.29, 0.717) is 17.1 Å². The van der Waals surface area contributed by atoms with Crippen LogP contribution in [0.5, 0.6) is 5.75 Å². The summed E-state index contributed by atoms with van der Waals surface area (Å²) >= 11 is 2.02. The van der Waals surface area contributed by atoms with Gasteiger partial charge in [0.05, 0.1) is 17.7 Å². The van der Waals surface area contributed by atoms with Crippen molar-refractivity contribution >= 4 is 23.7 Å². The number of nitriles is 1. The number of nitrogens with zero attached hydrogens (tertiary/aromatic N) is 4. The fraction of sp³-hybridized carbons (Fsp3) is 0.286. The molecule has 0 aliphatic heterocycles. The number of benzene rings is 2.